The molecule has 0 aliphatic rings. The number of hydrogen-bond acceptors (Lipinski definition) is 5. The molecule has 158 valence electrons. The molecule has 0 N–H and O–H groups in total. The Morgan fingerprint density at radius 3 is 2.50 bits per heavy atom. The first-order chi connectivity index (χ1) is 14.5. The maximum atomic E-state index is 12.7. The maximum absolute atomic E-state index is 12.7. The molecule has 0 spiro atoms. The number of hydrogen-bond donors (Lipinski definition) is 0. The minimum atomic E-state index is -0.387. The van der Waals surface area contributed by atoms with Crippen LogP contribution >= 0.6 is 0 Å². The largest absolute Gasteiger partial charge is 0.457 e. The highest BCUT2D eigenvalue weighted by molar-refractivity contribution is 5.83. The van der Waals surface area contributed by atoms with Crippen molar-refractivity contribution >= 4 is 16.9 Å². The summed E-state index contributed by atoms with van der Waals surface area (Å²) in [5.41, 5.74) is 3.88. The van der Waals surface area contributed by atoms with E-state index in [2.05, 4.69) is 26.0 Å². The summed E-state index contributed by atoms with van der Waals surface area (Å²) in [6.45, 7) is 7.75. The molecule has 0 saturated carbocycles. The molecular formula is C25H28O5. The van der Waals surface area contributed by atoms with Crippen molar-refractivity contribution in [3.05, 3.63) is 64.0 Å². The Bertz CT molecular complexity index is 1100. The molecule has 5 nitrogen and oxygen atoms in total. The smallest absolute Gasteiger partial charge is 0.344 e. The lowest BCUT2D eigenvalue weighted by atomic mass is 9.95. The fraction of sp³-hybridized carbons (Fsp3) is 0.360. The van der Waals surface area contributed by atoms with Crippen molar-refractivity contribution in [3.8, 4) is 16.9 Å². The van der Waals surface area contributed by atoms with E-state index in [4.69, 9.17) is 13.9 Å². The van der Waals surface area contributed by atoms with Crippen molar-refractivity contribution < 1.29 is 18.7 Å². The average molecular weight is 408 g/mol. The maximum Gasteiger partial charge on any atom is 0.344 e. The fourth-order valence-corrected chi connectivity index (χ4v) is 3.26. The Morgan fingerprint density at radius 2 is 1.80 bits per heavy atom. The van der Waals surface area contributed by atoms with E-state index < -0.39 is 0 Å². The van der Waals surface area contributed by atoms with Gasteiger partial charge in [0.1, 0.15) is 11.3 Å². The SMILES string of the molecule is CCc1ccc(-c2cc3ccc(OCOC(=O)C(C)CC)cc3oc2=O)c(CC)c1. The third-order valence-electron chi connectivity index (χ3n) is 5.40. The van der Waals surface area contributed by atoms with Gasteiger partial charge in [0.15, 0.2) is 0 Å². The molecule has 0 radical (unpaired) electrons. The van der Waals surface area contributed by atoms with Gasteiger partial charge in [0.2, 0.25) is 6.79 Å². The van der Waals surface area contributed by atoms with E-state index in [-0.39, 0.29) is 24.3 Å². The van der Waals surface area contributed by atoms with E-state index in [1.807, 2.05) is 32.0 Å². The van der Waals surface area contributed by atoms with Crippen LogP contribution in [0.4, 0.5) is 0 Å². The topological polar surface area (TPSA) is 65.7 Å². The number of benzene rings is 2. The molecule has 1 unspecified atom stereocenters. The summed E-state index contributed by atoms with van der Waals surface area (Å²) in [4.78, 5) is 24.4. The Hall–Kier alpha value is -3.08. The van der Waals surface area contributed by atoms with Crippen LogP contribution in [-0.4, -0.2) is 12.8 Å². The molecule has 1 heterocycles. The second kappa shape index (κ2) is 9.61. The fourth-order valence-electron chi connectivity index (χ4n) is 3.26. The summed E-state index contributed by atoms with van der Waals surface area (Å²) < 4.78 is 16.2. The van der Waals surface area contributed by atoms with Crippen LogP contribution in [0.25, 0.3) is 22.1 Å². The molecule has 0 aliphatic carbocycles. The number of esters is 1. The highest BCUT2D eigenvalue weighted by Gasteiger charge is 2.14. The lowest BCUT2D eigenvalue weighted by molar-refractivity contribution is -0.154. The zero-order valence-electron chi connectivity index (χ0n) is 18.0. The molecule has 1 atom stereocenters. The first kappa shape index (κ1) is 21.6. The van der Waals surface area contributed by atoms with E-state index in [0.29, 0.717) is 23.3 Å². The number of aryl methyl sites for hydroxylation is 2. The Labute approximate surface area is 176 Å². The van der Waals surface area contributed by atoms with Gasteiger partial charge in [-0.05, 0) is 54.2 Å². The lowest BCUT2D eigenvalue weighted by Gasteiger charge is -2.12. The first-order valence-electron chi connectivity index (χ1n) is 10.5. The number of carbonyl (C=O) groups is 1. The summed E-state index contributed by atoms with van der Waals surface area (Å²) in [5, 5.41) is 0.801. The third-order valence-corrected chi connectivity index (χ3v) is 5.40. The van der Waals surface area contributed by atoms with Crippen LogP contribution in [0.5, 0.6) is 5.75 Å². The van der Waals surface area contributed by atoms with Crippen LogP contribution < -0.4 is 10.4 Å². The van der Waals surface area contributed by atoms with Gasteiger partial charge >= 0.3 is 11.6 Å². The van der Waals surface area contributed by atoms with Crippen LogP contribution in [-0.2, 0) is 22.4 Å². The normalized spacial score (nSPS) is 12.0. The lowest BCUT2D eigenvalue weighted by Crippen LogP contribution is -2.17. The molecular weight excluding hydrogens is 380 g/mol. The van der Waals surface area contributed by atoms with Gasteiger partial charge in [-0.2, -0.15) is 0 Å². The van der Waals surface area contributed by atoms with Crippen molar-refractivity contribution in [1.82, 2.24) is 0 Å². The Kier molecular flexibility index (Phi) is 6.93. The molecule has 3 rings (SSSR count). The van der Waals surface area contributed by atoms with Crippen molar-refractivity contribution in [2.24, 2.45) is 5.92 Å². The predicted molar refractivity (Wildman–Crippen MR) is 118 cm³/mol. The first-order valence-corrected chi connectivity index (χ1v) is 10.5. The van der Waals surface area contributed by atoms with Gasteiger partial charge in [-0.1, -0.05) is 45.9 Å². The molecule has 0 bridgehead atoms. The highest BCUT2D eigenvalue weighted by atomic mass is 16.7. The molecule has 30 heavy (non-hydrogen) atoms. The van der Waals surface area contributed by atoms with Gasteiger partial charge in [-0.15, -0.1) is 0 Å². The van der Waals surface area contributed by atoms with Crippen LogP contribution in [0.1, 0.15) is 45.2 Å². The Balaban J connectivity index is 1.85. The molecule has 2 aromatic carbocycles. The second-order valence-electron chi connectivity index (χ2n) is 7.38. The predicted octanol–water partition coefficient (Wildman–Crippen LogP) is 5.51. The molecule has 0 aliphatic heterocycles. The quantitative estimate of drug-likeness (QED) is 0.279. The molecule has 0 amide bonds. The van der Waals surface area contributed by atoms with Gasteiger partial charge in [0.05, 0.1) is 11.5 Å². The van der Waals surface area contributed by atoms with Crippen molar-refractivity contribution in [1.29, 1.82) is 0 Å². The Morgan fingerprint density at radius 1 is 1.00 bits per heavy atom. The van der Waals surface area contributed by atoms with Gasteiger partial charge in [0, 0.05) is 11.5 Å². The number of carbonyl (C=O) groups excluding carboxylic acids is 1. The van der Waals surface area contributed by atoms with E-state index in [1.54, 1.807) is 12.1 Å². The van der Waals surface area contributed by atoms with Crippen LogP contribution in [0, 0.1) is 5.92 Å². The molecule has 1 aromatic heterocycles. The average Bonchev–Trinajstić information content (AvgIpc) is 2.77. The molecule has 0 fully saturated rings. The van der Waals surface area contributed by atoms with E-state index >= 15 is 0 Å². The minimum absolute atomic E-state index is 0.166. The number of ether oxygens (including phenoxy) is 2. The number of rotatable bonds is 8. The van der Waals surface area contributed by atoms with E-state index in [0.717, 1.165) is 29.4 Å². The van der Waals surface area contributed by atoms with Gasteiger partial charge in [-0.3, -0.25) is 4.79 Å². The summed E-state index contributed by atoms with van der Waals surface area (Å²) >= 11 is 0. The molecule has 3 aromatic rings. The molecule has 0 saturated heterocycles. The van der Waals surface area contributed by atoms with E-state index in [9.17, 15) is 9.59 Å². The standard InChI is InChI=1S/C25H28O5/c1-5-16(4)24(26)29-15-28-20-10-9-19-13-22(25(27)30-23(19)14-20)21-11-8-17(6-2)12-18(21)7-3/h8-14,16H,5-7,15H2,1-4H3. The summed E-state index contributed by atoms with van der Waals surface area (Å²) in [5.74, 6) is 0.00762. The zero-order valence-corrected chi connectivity index (χ0v) is 18.0. The van der Waals surface area contributed by atoms with Crippen LogP contribution in [0.15, 0.2) is 51.7 Å². The van der Waals surface area contributed by atoms with Gasteiger partial charge in [-0.25, -0.2) is 4.79 Å². The van der Waals surface area contributed by atoms with Crippen molar-refractivity contribution in [2.75, 3.05) is 6.79 Å². The summed E-state index contributed by atoms with van der Waals surface area (Å²) in [7, 11) is 0. The van der Waals surface area contributed by atoms with Gasteiger partial charge in [0.25, 0.3) is 0 Å². The van der Waals surface area contributed by atoms with Crippen molar-refractivity contribution in [2.45, 2.75) is 47.0 Å². The molecule has 5 heteroatoms. The van der Waals surface area contributed by atoms with Crippen LogP contribution in [0.3, 0.4) is 0 Å². The van der Waals surface area contributed by atoms with Crippen molar-refractivity contribution in [3.63, 3.8) is 0 Å². The highest BCUT2D eigenvalue weighted by Crippen LogP contribution is 2.27. The summed E-state index contributed by atoms with van der Waals surface area (Å²) in [6, 6.07) is 13.3. The van der Waals surface area contributed by atoms with Gasteiger partial charge < -0.3 is 13.9 Å². The second-order valence-corrected chi connectivity index (χ2v) is 7.38. The zero-order chi connectivity index (χ0) is 21.7. The monoisotopic (exact) mass is 408 g/mol. The van der Waals surface area contributed by atoms with E-state index in [1.165, 1.54) is 5.56 Å². The van der Waals surface area contributed by atoms with Crippen LogP contribution in [0.2, 0.25) is 0 Å². The summed E-state index contributed by atoms with van der Waals surface area (Å²) in [6.07, 6.45) is 2.50. The minimum Gasteiger partial charge on any atom is -0.457 e. The number of fused-ring (bicyclic) bond motifs is 1. The third kappa shape index (κ3) is 4.73.